The number of rotatable bonds is 6. The number of anilines is 1. The van der Waals surface area contributed by atoms with E-state index < -0.39 is 0 Å². The van der Waals surface area contributed by atoms with E-state index in [0.717, 1.165) is 49.9 Å². The number of aromatic nitrogens is 2. The fourth-order valence-corrected chi connectivity index (χ4v) is 3.76. The molecule has 0 saturated carbocycles. The Bertz CT molecular complexity index is 686. The van der Waals surface area contributed by atoms with Gasteiger partial charge in [0, 0.05) is 37.6 Å². The molecule has 0 aliphatic carbocycles. The van der Waals surface area contributed by atoms with Crippen molar-refractivity contribution in [3.63, 3.8) is 0 Å². The number of benzene rings is 1. The molecule has 5 nitrogen and oxygen atoms in total. The molecule has 1 aliphatic rings. The lowest BCUT2D eigenvalue weighted by molar-refractivity contribution is -0.125. The van der Waals surface area contributed by atoms with Gasteiger partial charge in [0.2, 0.25) is 11.0 Å². The Kier molecular flexibility index (Phi) is 6.02. The van der Waals surface area contributed by atoms with Gasteiger partial charge in [-0.1, -0.05) is 44.2 Å². The van der Waals surface area contributed by atoms with Crippen LogP contribution in [0.3, 0.4) is 0 Å². The Hall–Kier alpha value is -1.95. The molecule has 1 saturated heterocycles. The van der Waals surface area contributed by atoms with E-state index in [1.165, 1.54) is 17.1 Å². The van der Waals surface area contributed by atoms with E-state index in [-0.39, 0.29) is 11.8 Å². The van der Waals surface area contributed by atoms with E-state index in [1.54, 1.807) is 0 Å². The molecular weight excluding hydrogens is 332 g/mol. The molecule has 6 heteroatoms. The second kappa shape index (κ2) is 8.43. The molecule has 1 N–H and O–H groups in total. The van der Waals surface area contributed by atoms with Crippen LogP contribution in [-0.2, 0) is 11.2 Å². The van der Waals surface area contributed by atoms with Crippen LogP contribution in [0.4, 0.5) is 5.13 Å². The number of carbonyl (C=O) groups is 1. The molecule has 134 valence electrons. The Balaban J connectivity index is 1.59. The van der Waals surface area contributed by atoms with Gasteiger partial charge in [0.1, 0.15) is 5.82 Å². The van der Waals surface area contributed by atoms with Gasteiger partial charge in [-0.15, -0.1) is 0 Å². The zero-order valence-electron chi connectivity index (χ0n) is 14.9. The average molecular weight is 359 g/mol. The predicted molar refractivity (Wildman–Crippen MR) is 102 cm³/mol. The highest BCUT2D eigenvalue weighted by atomic mass is 32.1. The molecule has 1 aromatic heterocycles. The Labute approximate surface area is 153 Å². The quantitative estimate of drug-likeness (QED) is 0.862. The summed E-state index contributed by atoms with van der Waals surface area (Å²) >= 11 is 1.44. The Morgan fingerprint density at radius 3 is 2.92 bits per heavy atom. The van der Waals surface area contributed by atoms with Gasteiger partial charge in [0.15, 0.2) is 0 Å². The van der Waals surface area contributed by atoms with Crippen LogP contribution in [0, 0.1) is 11.8 Å². The van der Waals surface area contributed by atoms with Crippen molar-refractivity contribution < 1.29 is 4.79 Å². The molecule has 1 amide bonds. The molecule has 0 spiro atoms. The first-order valence-corrected chi connectivity index (χ1v) is 9.78. The highest BCUT2D eigenvalue weighted by Gasteiger charge is 2.27. The van der Waals surface area contributed by atoms with E-state index >= 15 is 0 Å². The summed E-state index contributed by atoms with van der Waals surface area (Å²) in [6.45, 7) is 6.67. The highest BCUT2D eigenvalue weighted by molar-refractivity contribution is 7.09. The number of hydrogen-bond acceptors (Lipinski definition) is 5. The molecule has 0 radical (unpaired) electrons. The van der Waals surface area contributed by atoms with Crippen molar-refractivity contribution >= 4 is 22.6 Å². The van der Waals surface area contributed by atoms with Crippen LogP contribution in [0.1, 0.15) is 38.1 Å². The van der Waals surface area contributed by atoms with Crippen LogP contribution >= 0.6 is 11.5 Å². The standard InChI is InChI=1S/C19H26N4OS/c1-14(2)12-20-18(24)16-9-6-10-23(13-16)19-21-17(22-25-19)11-15-7-4-3-5-8-15/h3-5,7-8,14,16H,6,9-13H2,1-2H3,(H,20,24)/t16-/m1/s1. The van der Waals surface area contributed by atoms with Crippen molar-refractivity contribution in [2.45, 2.75) is 33.1 Å². The highest BCUT2D eigenvalue weighted by Crippen LogP contribution is 2.25. The smallest absolute Gasteiger partial charge is 0.224 e. The topological polar surface area (TPSA) is 58.1 Å². The molecule has 1 atom stereocenters. The maximum Gasteiger partial charge on any atom is 0.224 e. The number of piperidine rings is 1. The lowest BCUT2D eigenvalue weighted by Crippen LogP contribution is -2.43. The molecule has 2 heterocycles. The van der Waals surface area contributed by atoms with Crippen LogP contribution in [0.15, 0.2) is 30.3 Å². The van der Waals surface area contributed by atoms with Crippen molar-refractivity contribution in [1.82, 2.24) is 14.7 Å². The van der Waals surface area contributed by atoms with Crippen molar-refractivity contribution in [2.75, 3.05) is 24.5 Å². The number of amides is 1. The minimum absolute atomic E-state index is 0.0500. The van der Waals surface area contributed by atoms with Crippen LogP contribution in [0.2, 0.25) is 0 Å². The minimum atomic E-state index is 0.0500. The minimum Gasteiger partial charge on any atom is -0.356 e. The molecular formula is C19H26N4OS. The van der Waals surface area contributed by atoms with Gasteiger partial charge in [-0.3, -0.25) is 4.79 Å². The average Bonchev–Trinajstić information content (AvgIpc) is 3.09. The van der Waals surface area contributed by atoms with Gasteiger partial charge in [-0.25, -0.2) is 4.98 Å². The summed E-state index contributed by atoms with van der Waals surface area (Å²) in [5.74, 6) is 1.56. The molecule has 2 aromatic rings. The first-order chi connectivity index (χ1) is 12.1. The predicted octanol–water partition coefficient (Wildman–Crippen LogP) is 3.12. The van der Waals surface area contributed by atoms with Crippen LogP contribution in [0.5, 0.6) is 0 Å². The molecule has 1 aromatic carbocycles. The van der Waals surface area contributed by atoms with Crippen LogP contribution in [0.25, 0.3) is 0 Å². The largest absolute Gasteiger partial charge is 0.356 e. The summed E-state index contributed by atoms with van der Waals surface area (Å²) in [5.41, 5.74) is 1.22. The third-order valence-corrected chi connectivity index (χ3v) is 5.22. The number of hydrogen-bond donors (Lipinski definition) is 1. The van der Waals surface area contributed by atoms with Crippen molar-refractivity contribution in [1.29, 1.82) is 0 Å². The maximum absolute atomic E-state index is 12.4. The van der Waals surface area contributed by atoms with Gasteiger partial charge in [0.25, 0.3) is 0 Å². The monoisotopic (exact) mass is 358 g/mol. The number of nitrogens with one attached hydrogen (secondary N) is 1. The van der Waals surface area contributed by atoms with E-state index in [1.807, 2.05) is 18.2 Å². The molecule has 1 fully saturated rings. The van der Waals surface area contributed by atoms with Gasteiger partial charge < -0.3 is 10.2 Å². The van der Waals surface area contributed by atoms with E-state index in [2.05, 4.69) is 40.6 Å². The van der Waals surface area contributed by atoms with E-state index in [4.69, 9.17) is 4.98 Å². The summed E-state index contributed by atoms with van der Waals surface area (Å²) in [7, 11) is 0. The summed E-state index contributed by atoms with van der Waals surface area (Å²) in [6.07, 6.45) is 2.73. The fourth-order valence-electron chi connectivity index (χ4n) is 3.04. The van der Waals surface area contributed by atoms with Crippen molar-refractivity contribution in [3.05, 3.63) is 41.7 Å². The zero-order chi connectivity index (χ0) is 17.6. The zero-order valence-corrected chi connectivity index (χ0v) is 15.8. The third-order valence-electron chi connectivity index (χ3n) is 4.41. The summed E-state index contributed by atoms with van der Waals surface area (Å²) in [4.78, 5) is 19.3. The SMILES string of the molecule is CC(C)CNC(=O)[C@@H]1CCCN(c2nc(Cc3ccccc3)ns2)C1. The van der Waals surface area contributed by atoms with Gasteiger partial charge >= 0.3 is 0 Å². The second-order valence-electron chi connectivity index (χ2n) is 7.08. The third kappa shape index (κ3) is 5.01. The summed E-state index contributed by atoms with van der Waals surface area (Å²) < 4.78 is 4.50. The fraction of sp³-hybridized carbons (Fsp3) is 0.526. The first kappa shape index (κ1) is 17.9. The van der Waals surface area contributed by atoms with Gasteiger partial charge in [0.05, 0.1) is 5.92 Å². The number of carbonyl (C=O) groups excluding carboxylic acids is 1. The summed E-state index contributed by atoms with van der Waals surface area (Å²) in [5, 5.41) is 4.00. The Morgan fingerprint density at radius 2 is 2.16 bits per heavy atom. The van der Waals surface area contributed by atoms with E-state index in [9.17, 15) is 4.79 Å². The van der Waals surface area contributed by atoms with Gasteiger partial charge in [-0.2, -0.15) is 4.37 Å². The summed E-state index contributed by atoms with van der Waals surface area (Å²) in [6, 6.07) is 10.3. The molecule has 0 unspecified atom stereocenters. The lowest BCUT2D eigenvalue weighted by atomic mass is 9.97. The molecule has 3 rings (SSSR count). The lowest BCUT2D eigenvalue weighted by Gasteiger charge is -2.31. The van der Waals surface area contributed by atoms with Crippen molar-refractivity contribution in [3.8, 4) is 0 Å². The second-order valence-corrected chi connectivity index (χ2v) is 7.81. The normalized spacial score (nSPS) is 17.7. The van der Waals surface area contributed by atoms with Crippen LogP contribution < -0.4 is 10.2 Å². The Morgan fingerprint density at radius 1 is 1.36 bits per heavy atom. The molecule has 25 heavy (non-hydrogen) atoms. The van der Waals surface area contributed by atoms with Gasteiger partial charge in [-0.05, 0) is 24.3 Å². The maximum atomic E-state index is 12.4. The molecule has 1 aliphatic heterocycles. The van der Waals surface area contributed by atoms with Crippen LogP contribution in [-0.4, -0.2) is 34.9 Å². The first-order valence-electron chi connectivity index (χ1n) is 9.01. The van der Waals surface area contributed by atoms with E-state index in [0.29, 0.717) is 5.92 Å². The van der Waals surface area contributed by atoms with Crippen molar-refractivity contribution in [2.24, 2.45) is 11.8 Å². The molecule has 0 bridgehead atoms. The number of nitrogens with zero attached hydrogens (tertiary/aromatic N) is 3.